The lowest BCUT2D eigenvalue weighted by molar-refractivity contribution is -0.137. The molecule has 8 nitrogen and oxygen atoms in total. The van der Waals surface area contributed by atoms with Crippen LogP contribution >= 0.6 is 0 Å². The first-order chi connectivity index (χ1) is 9.90. The molecule has 2 atom stereocenters. The summed E-state index contributed by atoms with van der Waals surface area (Å²) in [7, 11) is 1.37. The molecular formula is C13H20N4O4. The zero-order valence-corrected chi connectivity index (χ0v) is 12.2. The molecule has 8 heteroatoms. The van der Waals surface area contributed by atoms with Crippen molar-refractivity contribution in [2.24, 2.45) is 5.92 Å². The van der Waals surface area contributed by atoms with E-state index >= 15 is 0 Å². The average molecular weight is 296 g/mol. The van der Waals surface area contributed by atoms with Crippen molar-refractivity contribution < 1.29 is 19.2 Å². The summed E-state index contributed by atoms with van der Waals surface area (Å²) >= 11 is 0. The van der Waals surface area contributed by atoms with Crippen LogP contribution in [0.1, 0.15) is 32.6 Å². The van der Waals surface area contributed by atoms with Gasteiger partial charge < -0.3 is 10.6 Å². The van der Waals surface area contributed by atoms with Crippen molar-refractivity contribution in [1.82, 2.24) is 20.9 Å². The van der Waals surface area contributed by atoms with Crippen molar-refractivity contribution in [3.8, 4) is 0 Å². The van der Waals surface area contributed by atoms with E-state index in [1.807, 2.05) is 12.2 Å². The van der Waals surface area contributed by atoms with Crippen LogP contribution in [-0.4, -0.2) is 47.9 Å². The average Bonchev–Trinajstić information content (AvgIpc) is 2.67. The van der Waals surface area contributed by atoms with Crippen molar-refractivity contribution in [3.63, 3.8) is 0 Å². The Bertz CT molecular complexity index is 493. The van der Waals surface area contributed by atoms with Gasteiger partial charge in [-0.05, 0) is 18.8 Å². The first kappa shape index (κ1) is 15.3. The topological polar surface area (TPSA) is 108 Å². The summed E-state index contributed by atoms with van der Waals surface area (Å²) in [5.41, 5.74) is -0.886. The molecule has 1 saturated heterocycles. The van der Waals surface area contributed by atoms with Gasteiger partial charge in [-0.15, -0.1) is 0 Å². The van der Waals surface area contributed by atoms with Gasteiger partial charge in [0.15, 0.2) is 0 Å². The standard InChI is InChI=1S/C13H20N4O4/c1-8-5-3-4-6-13(8)10(19)17(12(21)16-13)7-9(18)15-11(20)14-2/h8H,3-7H2,1-2H3,(H,16,21)(H2,14,15,18,20)/t8-,13-/m1/s1. The van der Waals surface area contributed by atoms with E-state index in [0.29, 0.717) is 6.42 Å². The molecule has 6 amide bonds. The molecule has 2 fully saturated rings. The largest absolute Gasteiger partial charge is 0.341 e. The van der Waals surface area contributed by atoms with Crippen LogP contribution in [0.3, 0.4) is 0 Å². The third kappa shape index (κ3) is 2.70. The third-order valence-corrected chi connectivity index (χ3v) is 4.28. The molecule has 1 aliphatic heterocycles. The van der Waals surface area contributed by atoms with Crippen LogP contribution in [0.2, 0.25) is 0 Å². The Kier molecular flexibility index (Phi) is 4.15. The summed E-state index contributed by atoms with van der Waals surface area (Å²) in [6, 6.07) is -1.24. The molecule has 0 aromatic carbocycles. The molecule has 1 spiro atoms. The second-order valence-corrected chi connectivity index (χ2v) is 5.57. The van der Waals surface area contributed by atoms with Crippen molar-refractivity contribution in [1.29, 1.82) is 0 Å². The van der Waals surface area contributed by atoms with Gasteiger partial charge in [-0.25, -0.2) is 9.59 Å². The third-order valence-electron chi connectivity index (χ3n) is 4.28. The highest BCUT2D eigenvalue weighted by atomic mass is 16.2. The number of carbonyl (C=O) groups excluding carboxylic acids is 4. The molecule has 21 heavy (non-hydrogen) atoms. The van der Waals surface area contributed by atoms with Gasteiger partial charge in [0.2, 0.25) is 5.91 Å². The Hall–Kier alpha value is -2.12. The normalized spacial score (nSPS) is 28.5. The maximum Gasteiger partial charge on any atom is 0.325 e. The fourth-order valence-corrected chi connectivity index (χ4v) is 3.01. The molecular weight excluding hydrogens is 276 g/mol. The second-order valence-electron chi connectivity index (χ2n) is 5.57. The molecule has 1 heterocycles. The number of hydrogen-bond acceptors (Lipinski definition) is 4. The Morgan fingerprint density at radius 2 is 2.10 bits per heavy atom. The van der Waals surface area contributed by atoms with Gasteiger partial charge in [0.1, 0.15) is 12.1 Å². The van der Waals surface area contributed by atoms with Crippen LogP contribution < -0.4 is 16.0 Å². The van der Waals surface area contributed by atoms with E-state index in [-0.39, 0.29) is 11.8 Å². The van der Waals surface area contributed by atoms with Crippen LogP contribution in [0.4, 0.5) is 9.59 Å². The van der Waals surface area contributed by atoms with Crippen molar-refractivity contribution in [2.45, 2.75) is 38.1 Å². The summed E-state index contributed by atoms with van der Waals surface area (Å²) in [5, 5.41) is 7.02. The first-order valence-electron chi connectivity index (χ1n) is 7.06. The van der Waals surface area contributed by atoms with Gasteiger partial charge in [-0.2, -0.15) is 0 Å². The van der Waals surface area contributed by atoms with Gasteiger partial charge in [0.25, 0.3) is 5.91 Å². The van der Waals surface area contributed by atoms with Gasteiger partial charge in [-0.1, -0.05) is 19.8 Å². The quantitative estimate of drug-likeness (QED) is 0.620. The van der Waals surface area contributed by atoms with Gasteiger partial charge in [-0.3, -0.25) is 19.8 Å². The SMILES string of the molecule is CNC(=O)NC(=O)CN1C(=O)N[C@@]2(CCCC[C@H]2C)C1=O. The highest BCUT2D eigenvalue weighted by molar-refractivity contribution is 6.10. The maximum absolute atomic E-state index is 12.6. The van der Waals surface area contributed by atoms with Crippen LogP contribution in [-0.2, 0) is 9.59 Å². The molecule has 2 rings (SSSR count). The molecule has 116 valence electrons. The maximum atomic E-state index is 12.6. The van der Waals surface area contributed by atoms with Crippen LogP contribution in [0.15, 0.2) is 0 Å². The lowest BCUT2D eigenvalue weighted by atomic mass is 9.73. The van der Waals surface area contributed by atoms with Gasteiger partial charge >= 0.3 is 12.1 Å². The number of hydrogen-bond donors (Lipinski definition) is 3. The van der Waals surface area contributed by atoms with E-state index < -0.39 is 30.1 Å². The van der Waals surface area contributed by atoms with E-state index in [2.05, 4.69) is 10.6 Å². The number of amides is 6. The summed E-state index contributed by atoms with van der Waals surface area (Å²) < 4.78 is 0. The number of carbonyl (C=O) groups is 4. The number of nitrogens with one attached hydrogen (secondary N) is 3. The van der Waals surface area contributed by atoms with Crippen LogP contribution in [0, 0.1) is 5.92 Å². The molecule has 1 aliphatic carbocycles. The van der Waals surface area contributed by atoms with E-state index in [0.717, 1.165) is 24.2 Å². The highest BCUT2D eigenvalue weighted by Gasteiger charge is 2.55. The molecule has 0 bridgehead atoms. The minimum atomic E-state index is -0.886. The number of urea groups is 2. The predicted octanol–water partition coefficient (Wildman–Crippen LogP) is -0.0573. The molecule has 0 unspecified atom stereocenters. The van der Waals surface area contributed by atoms with Gasteiger partial charge in [0, 0.05) is 7.05 Å². The fourth-order valence-electron chi connectivity index (χ4n) is 3.01. The first-order valence-corrected chi connectivity index (χ1v) is 7.06. The van der Waals surface area contributed by atoms with E-state index in [1.165, 1.54) is 7.05 Å². The van der Waals surface area contributed by atoms with Crippen molar-refractivity contribution in [3.05, 3.63) is 0 Å². The molecule has 1 saturated carbocycles. The summed E-state index contributed by atoms with van der Waals surface area (Å²) in [4.78, 5) is 48.2. The lowest BCUT2D eigenvalue weighted by Crippen LogP contribution is -2.54. The number of imide groups is 2. The highest BCUT2D eigenvalue weighted by Crippen LogP contribution is 2.37. The zero-order chi connectivity index (χ0) is 15.6. The predicted molar refractivity (Wildman–Crippen MR) is 73.2 cm³/mol. The summed E-state index contributed by atoms with van der Waals surface area (Å²) in [6.45, 7) is 1.48. The molecule has 0 aromatic heterocycles. The summed E-state index contributed by atoms with van der Waals surface area (Å²) in [6.07, 6.45) is 3.36. The molecule has 3 N–H and O–H groups in total. The zero-order valence-electron chi connectivity index (χ0n) is 12.2. The van der Waals surface area contributed by atoms with Crippen molar-refractivity contribution in [2.75, 3.05) is 13.6 Å². The molecule has 0 aromatic rings. The van der Waals surface area contributed by atoms with Gasteiger partial charge in [0.05, 0.1) is 0 Å². The summed E-state index contributed by atoms with van der Waals surface area (Å²) in [5.74, 6) is -1.03. The van der Waals surface area contributed by atoms with Crippen molar-refractivity contribution >= 4 is 23.9 Å². The Morgan fingerprint density at radius 3 is 2.71 bits per heavy atom. The lowest BCUT2D eigenvalue weighted by Gasteiger charge is -2.36. The van der Waals surface area contributed by atoms with E-state index in [1.54, 1.807) is 0 Å². The fraction of sp³-hybridized carbons (Fsp3) is 0.692. The monoisotopic (exact) mass is 296 g/mol. The number of rotatable bonds is 2. The van der Waals surface area contributed by atoms with Crippen LogP contribution in [0.5, 0.6) is 0 Å². The van der Waals surface area contributed by atoms with Crippen LogP contribution in [0.25, 0.3) is 0 Å². The Balaban J connectivity index is 2.08. The Morgan fingerprint density at radius 1 is 1.38 bits per heavy atom. The van der Waals surface area contributed by atoms with E-state index in [9.17, 15) is 19.2 Å². The molecule has 0 radical (unpaired) electrons. The minimum Gasteiger partial charge on any atom is -0.341 e. The molecule has 2 aliphatic rings. The smallest absolute Gasteiger partial charge is 0.325 e. The Labute approximate surface area is 122 Å². The van der Waals surface area contributed by atoms with E-state index in [4.69, 9.17) is 0 Å². The minimum absolute atomic E-state index is 0.0368. The second kappa shape index (κ2) is 5.71. The number of nitrogens with zero attached hydrogens (tertiary/aromatic N) is 1.